The van der Waals surface area contributed by atoms with Crippen LogP contribution in [0, 0.1) is 0 Å². The molecule has 3 aromatic rings. The van der Waals surface area contributed by atoms with Gasteiger partial charge in [-0.05, 0) is 42.7 Å². The maximum Gasteiger partial charge on any atom is 0.275 e. The van der Waals surface area contributed by atoms with Gasteiger partial charge in [-0.3, -0.25) is 14.9 Å². The maximum atomic E-state index is 12.8. The fraction of sp³-hybridized carbons (Fsp3) is 0.250. The van der Waals surface area contributed by atoms with Crippen molar-refractivity contribution in [1.82, 2.24) is 20.6 Å². The van der Waals surface area contributed by atoms with Gasteiger partial charge in [-0.15, -0.1) is 0 Å². The van der Waals surface area contributed by atoms with Crippen LogP contribution in [0.1, 0.15) is 28.5 Å². The Morgan fingerprint density at radius 1 is 1.22 bits per heavy atom. The van der Waals surface area contributed by atoms with E-state index in [9.17, 15) is 4.79 Å². The Hall–Kier alpha value is -3.19. The summed E-state index contributed by atoms with van der Waals surface area (Å²) in [6, 6.07) is 13.3. The van der Waals surface area contributed by atoms with Gasteiger partial charge in [0.25, 0.3) is 5.91 Å². The number of pyridine rings is 1. The summed E-state index contributed by atoms with van der Waals surface area (Å²) in [5.41, 5.74) is 5.69. The number of methoxy groups -OCH3 is 1. The van der Waals surface area contributed by atoms with Crippen molar-refractivity contribution in [1.29, 1.82) is 0 Å². The number of carbonyl (C=O) groups excluding carboxylic acids is 1. The Kier molecular flexibility index (Phi) is 6.17. The topological polar surface area (TPSA) is 83.1 Å². The third-order valence-corrected chi connectivity index (χ3v) is 4.09. The molecule has 0 aliphatic carbocycles. The average Bonchev–Trinajstić information content (AvgIpc) is 3.19. The molecule has 7 heteroatoms. The van der Waals surface area contributed by atoms with Crippen molar-refractivity contribution < 1.29 is 9.53 Å². The van der Waals surface area contributed by atoms with E-state index in [0.29, 0.717) is 17.9 Å². The van der Waals surface area contributed by atoms with Crippen LogP contribution in [0.5, 0.6) is 5.75 Å². The van der Waals surface area contributed by atoms with Crippen LogP contribution >= 0.6 is 0 Å². The predicted octanol–water partition coefficient (Wildman–Crippen LogP) is 2.77. The first-order valence-corrected chi connectivity index (χ1v) is 8.86. The fourth-order valence-corrected chi connectivity index (χ4v) is 2.73. The molecule has 0 aliphatic heterocycles. The smallest absolute Gasteiger partial charge is 0.275 e. The number of hydrogen-bond acceptors (Lipinski definition) is 5. The van der Waals surface area contributed by atoms with Crippen LogP contribution in [0.3, 0.4) is 0 Å². The largest absolute Gasteiger partial charge is 0.497 e. The number of carbonyl (C=O) groups is 1. The third-order valence-electron chi connectivity index (χ3n) is 4.09. The standard InChI is InChI=1S/C20H23N5O2/c1-3-22-25(20(26)16-7-5-11-21-14-16)19-13-17(23-24-19)10-9-15-6-4-8-18(12-15)27-2/h4-8,11-14,22H,3,9-10H2,1-2H3,(H,23,24). The second-order valence-corrected chi connectivity index (χ2v) is 6.00. The number of ether oxygens (including phenoxy) is 1. The molecule has 2 aromatic heterocycles. The molecule has 0 radical (unpaired) electrons. The Morgan fingerprint density at radius 3 is 2.85 bits per heavy atom. The van der Waals surface area contributed by atoms with Gasteiger partial charge in [-0.2, -0.15) is 5.10 Å². The molecule has 7 nitrogen and oxygen atoms in total. The first-order chi connectivity index (χ1) is 13.2. The molecule has 2 heterocycles. The molecule has 1 aromatic carbocycles. The van der Waals surface area contributed by atoms with Gasteiger partial charge in [0.15, 0.2) is 5.82 Å². The second kappa shape index (κ2) is 8.95. The summed E-state index contributed by atoms with van der Waals surface area (Å²) >= 11 is 0. The number of hydrogen-bond donors (Lipinski definition) is 2. The Balaban J connectivity index is 1.71. The summed E-state index contributed by atoms with van der Waals surface area (Å²) in [7, 11) is 1.66. The van der Waals surface area contributed by atoms with E-state index in [1.54, 1.807) is 31.6 Å². The first kappa shape index (κ1) is 18.6. The van der Waals surface area contributed by atoms with E-state index >= 15 is 0 Å². The van der Waals surface area contributed by atoms with Crippen molar-refractivity contribution in [2.24, 2.45) is 0 Å². The van der Waals surface area contributed by atoms with Crippen molar-refractivity contribution in [3.63, 3.8) is 0 Å². The number of hydrazine groups is 1. The van der Waals surface area contributed by atoms with Gasteiger partial charge >= 0.3 is 0 Å². The van der Waals surface area contributed by atoms with Crippen LogP contribution in [0.25, 0.3) is 0 Å². The fourth-order valence-electron chi connectivity index (χ4n) is 2.73. The number of benzene rings is 1. The Bertz CT molecular complexity index is 879. The van der Waals surface area contributed by atoms with Crippen molar-refractivity contribution in [2.75, 3.05) is 18.7 Å². The minimum atomic E-state index is -0.198. The van der Waals surface area contributed by atoms with E-state index in [-0.39, 0.29) is 5.91 Å². The number of aryl methyl sites for hydroxylation is 2. The normalized spacial score (nSPS) is 10.6. The molecule has 0 spiro atoms. The molecule has 27 heavy (non-hydrogen) atoms. The average molecular weight is 365 g/mol. The van der Waals surface area contributed by atoms with Crippen LogP contribution < -0.4 is 15.2 Å². The lowest BCUT2D eigenvalue weighted by Crippen LogP contribution is -2.43. The lowest BCUT2D eigenvalue weighted by Gasteiger charge is -2.19. The minimum Gasteiger partial charge on any atom is -0.497 e. The summed E-state index contributed by atoms with van der Waals surface area (Å²) in [6.45, 7) is 2.53. The number of rotatable bonds is 8. The van der Waals surface area contributed by atoms with Crippen LogP contribution in [-0.4, -0.2) is 34.7 Å². The highest BCUT2D eigenvalue weighted by Crippen LogP contribution is 2.17. The number of amides is 1. The molecule has 0 bridgehead atoms. The van der Waals surface area contributed by atoms with Gasteiger partial charge in [-0.1, -0.05) is 19.1 Å². The summed E-state index contributed by atoms with van der Waals surface area (Å²) < 4.78 is 5.26. The van der Waals surface area contributed by atoms with Crippen molar-refractivity contribution in [3.8, 4) is 5.75 Å². The highest BCUT2D eigenvalue weighted by molar-refractivity contribution is 6.04. The quantitative estimate of drug-likeness (QED) is 0.600. The number of nitrogens with one attached hydrogen (secondary N) is 2. The zero-order valence-electron chi connectivity index (χ0n) is 15.5. The van der Waals surface area contributed by atoms with Gasteiger partial charge < -0.3 is 4.74 Å². The molecule has 140 valence electrons. The van der Waals surface area contributed by atoms with Gasteiger partial charge in [0.1, 0.15) is 5.75 Å². The second-order valence-electron chi connectivity index (χ2n) is 6.00. The monoisotopic (exact) mass is 365 g/mol. The van der Waals surface area contributed by atoms with E-state index in [4.69, 9.17) is 4.74 Å². The Morgan fingerprint density at radius 2 is 2.11 bits per heavy atom. The van der Waals surface area contributed by atoms with Crippen molar-refractivity contribution in [3.05, 3.63) is 71.7 Å². The van der Waals surface area contributed by atoms with Crippen molar-refractivity contribution in [2.45, 2.75) is 19.8 Å². The Labute approximate surface area is 158 Å². The summed E-state index contributed by atoms with van der Waals surface area (Å²) in [5, 5.41) is 8.77. The molecular weight excluding hydrogens is 342 g/mol. The highest BCUT2D eigenvalue weighted by atomic mass is 16.5. The van der Waals surface area contributed by atoms with Crippen LogP contribution in [0.4, 0.5) is 5.82 Å². The minimum absolute atomic E-state index is 0.198. The number of anilines is 1. The van der Waals surface area contributed by atoms with E-state index < -0.39 is 0 Å². The molecule has 0 fully saturated rings. The number of aromatic nitrogens is 3. The first-order valence-electron chi connectivity index (χ1n) is 8.86. The predicted molar refractivity (Wildman–Crippen MR) is 104 cm³/mol. The third kappa shape index (κ3) is 4.71. The molecule has 0 atom stereocenters. The van der Waals surface area contributed by atoms with Crippen molar-refractivity contribution >= 4 is 11.7 Å². The summed E-state index contributed by atoms with van der Waals surface area (Å²) in [4.78, 5) is 16.8. The zero-order chi connectivity index (χ0) is 19.1. The molecule has 3 rings (SSSR count). The molecule has 2 N–H and O–H groups in total. The molecule has 0 saturated carbocycles. The SMILES string of the molecule is CCNN(C(=O)c1cccnc1)c1cc(CCc2cccc(OC)c2)[nH]n1. The number of aromatic amines is 1. The number of nitrogens with zero attached hydrogens (tertiary/aromatic N) is 3. The van der Waals surface area contributed by atoms with Crippen LogP contribution in [0.15, 0.2) is 54.9 Å². The lowest BCUT2D eigenvalue weighted by atomic mass is 10.1. The molecule has 0 aliphatic rings. The van der Waals surface area contributed by atoms with E-state index in [2.05, 4.69) is 26.7 Å². The number of H-pyrrole nitrogens is 1. The molecule has 1 amide bonds. The highest BCUT2D eigenvalue weighted by Gasteiger charge is 2.20. The van der Waals surface area contributed by atoms with Gasteiger partial charge in [0.2, 0.25) is 0 Å². The van der Waals surface area contributed by atoms with Gasteiger partial charge in [-0.25, -0.2) is 10.4 Å². The van der Waals surface area contributed by atoms with Crippen LogP contribution in [-0.2, 0) is 12.8 Å². The zero-order valence-corrected chi connectivity index (χ0v) is 15.5. The van der Waals surface area contributed by atoms with E-state index in [1.165, 1.54) is 10.6 Å². The summed E-state index contributed by atoms with van der Waals surface area (Å²) in [5.74, 6) is 1.18. The molecular formula is C20H23N5O2. The van der Waals surface area contributed by atoms with Gasteiger partial charge in [0.05, 0.1) is 12.7 Å². The van der Waals surface area contributed by atoms with E-state index in [0.717, 1.165) is 24.3 Å². The summed E-state index contributed by atoms with van der Waals surface area (Å²) in [6.07, 6.45) is 4.81. The van der Waals surface area contributed by atoms with Gasteiger partial charge in [0, 0.05) is 30.7 Å². The van der Waals surface area contributed by atoms with E-state index in [1.807, 2.05) is 31.2 Å². The lowest BCUT2D eigenvalue weighted by molar-refractivity contribution is 0.0973. The molecule has 0 saturated heterocycles. The maximum absolute atomic E-state index is 12.8. The molecule has 0 unspecified atom stereocenters. The van der Waals surface area contributed by atoms with Crippen LogP contribution in [0.2, 0.25) is 0 Å².